The second-order valence-electron chi connectivity index (χ2n) is 8.84. The predicted octanol–water partition coefficient (Wildman–Crippen LogP) is 5.91. The molecule has 0 aliphatic heterocycles. The first kappa shape index (κ1) is 24.8. The first-order valence-electron chi connectivity index (χ1n) is 9.59. The highest BCUT2D eigenvalue weighted by Crippen LogP contribution is 2.30. The van der Waals surface area contributed by atoms with Gasteiger partial charge in [-0.15, -0.1) is 4.53 Å². The van der Waals surface area contributed by atoms with Crippen LogP contribution in [0.3, 0.4) is 0 Å². The van der Waals surface area contributed by atoms with Crippen LogP contribution in [-0.4, -0.2) is 31.2 Å². The van der Waals surface area contributed by atoms with Crippen LogP contribution in [0.1, 0.15) is 67.3 Å². The highest BCUT2D eigenvalue weighted by Gasteiger charge is 2.37. The Morgan fingerprint density at radius 1 is 0.968 bits per heavy atom. The van der Waals surface area contributed by atoms with E-state index >= 15 is 0 Å². The number of hydrazine groups is 1. The van der Waals surface area contributed by atoms with E-state index in [1.54, 1.807) is 26.0 Å². The summed E-state index contributed by atoms with van der Waals surface area (Å²) < 4.78 is 1.44. The summed E-state index contributed by atoms with van der Waals surface area (Å²) in [5.74, 6) is -1.06. The van der Waals surface area contributed by atoms with Crippen molar-refractivity contribution in [3.63, 3.8) is 0 Å². The fourth-order valence-electron chi connectivity index (χ4n) is 2.95. The third-order valence-corrected chi connectivity index (χ3v) is 5.81. The number of rotatable bonds is 7. The van der Waals surface area contributed by atoms with Crippen LogP contribution in [0.2, 0.25) is 0 Å². The van der Waals surface area contributed by atoms with E-state index in [2.05, 4.69) is 20.8 Å². The molecule has 0 aromatic heterocycles. The van der Waals surface area contributed by atoms with Gasteiger partial charge in [-0.25, -0.2) is 0 Å². The van der Waals surface area contributed by atoms with Crippen LogP contribution >= 0.6 is 23.6 Å². The summed E-state index contributed by atoms with van der Waals surface area (Å²) in [6, 6.07) is 12.7. The van der Waals surface area contributed by atoms with Crippen LogP contribution in [-0.2, 0) is 5.41 Å². The van der Waals surface area contributed by atoms with Gasteiger partial charge in [0.2, 0.25) is 0 Å². The maximum Gasteiger partial charge on any atom is 0.291 e. The Bertz CT molecular complexity index is 985. The van der Waals surface area contributed by atoms with Gasteiger partial charge in [0.05, 0.1) is 10.5 Å². The van der Waals surface area contributed by atoms with Crippen molar-refractivity contribution in [3.05, 3.63) is 75.3 Å². The highest BCUT2D eigenvalue weighted by molar-refractivity contribution is 6.27. The molecule has 0 saturated heterocycles. The molecule has 0 N–H and O–H groups in total. The van der Waals surface area contributed by atoms with Crippen molar-refractivity contribution in [2.45, 2.75) is 52.0 Å². The molecule has 9 heteroatoms. The van der Waals surface area contributed by atoms with E-state index in [1.807, 2.05) is 12.1 Å². The minimum Gasteiger partial charge on any atom is -0.294 e. The molecule has 0 bridgehead atoms. The lowest BCUT2D eigenvalue weighted by Gasteiger charge is -2.35. The lowest BCUT2D eigenvalue weighted by Crippen LogP contribution is -2.48. The minimum atomic E-state index is -1.07. The Labute approximate surface area is 191 Å². The number of ketones is 1. The molecule has 0 fully saturated rings. The fraction of sp³-hybridized carbons (Fsp3) is 0.364. The summed E-state index contributed by atoms with van der Waals surface area (Å²) in [6.45, 7) is 9.54. The topological polar surface area (TPSA) is 83.8 Å². The zero-order chi connectivity index (χ0) is 23.6. The van der Waals surface area contributed by atoms with E-state index in [0.29, 0.717) is 10.1 Å². The average Bonchev–Trinajstić information content (AvgIpc) is 2.71. The number of halogens is 2. The molecule has 0 unspecified atom stereocenters. The van der Waals surface area contributed by atoms with Gasteiger partial charge in [0.1, 0.15) is 5.56 Å². The lowest BCUT2D eigenvalue weighted by atomic mass is 9.86. The molecule has 7 nitrogen and oxygen atoms in total. The van der Waals surface area contributed by atoms with Crippen molar-refractivity contribution in [1.29, 1.82) is 0 Å². The van der Waals surface area contributed by atoms with E-state index in [9.17, 15) is 19.7 Å². The average molecular weight is 466 g/mol. The van der Waals surface area contributed by atoms with Gasteiger partial charge < -0.3 is 0 Å². The zero-order valence-corrected chi connectivity index (χ0v) is 19.6. The van der Waals surface area contributed by atoms with Gasteiger partial charge in [0.25, 0.3) is 11.6 Å². The van der Waals surface area contributed by atoms with Gasteiger partial charge in [-0.05, 0) is 30.9 Å². The largest absolute Gasteiger partial charge is 0.294 e. The molecule has 1 amide bonds. The molecule has 2 aromatic carbocycles. The second kappa shape index (κ2) is 9.34. The molecule has 0 atom stereocenters. The molecule has 31 heavy (non-hydrogen) atoms. The fourth-order valence-corrected chi connectivity index (χ4v) is 3.37. The van der Waals surface area contributed by atoms with Crippen molar-refractivity contribution in [2.24, 2.45) is 0 Å². The first-order valence-corrected chi connectivity index (χ1v) is 10.3. The summed E-state index contributed by atoms with van der Waals surface area (Å²) in [6.07, 6.45) is -0.0429. The molecule has 0 heterocycles. The van der Waals surface area contributed by atoms with Crippen LogP contribution < -0.4 is 0 Å². The third kappa shape index (κ3) is 5.81. The van der Waals surface area contributed by atoms with Gasteiger partial charge in [-0.1, -0.05) is 57.2 Å². The molecule has 2 rings (SSSR count). The van der Waals surface area contributed by atoms with Crippen molar-refractivity contribution in [3.8, 4) is 0 Å². The van der Waals surface area contributed by atoms with Crippen molar-refractivity contribution >= 4 is 40.9 Å². The molecule has 0 aliphatic carbocycles. The predicted molar refractivity (Wildman–Crippen MR) is 121 cm³/mol. The normalized spacial score (nSPS) is 12.0. The SMILES string of the molecule is CC(C)(C)c1ccc(C(=O)CC(C)(C)N(Cl)N(Cl)C(=O)c2ccccc2[N+](=O)[O-])cc1. The number of hydrogen-bond acceptors (Lipinski definition) is 5. The van der Waals surface area contributed by atoms with Crippen LogP contribution in [0.5, 0.6) is 0 Å². The molecule has 0 spiro atoms. The van der Waals surface area contributed by atoms with Crippen LogP contribution in [0.4, 0.5) is 5.69 Å². The Morgan fingerprint density at radius 3 is 2.03 bits per heavy atom. The van der Waals surface area contributed by atoms with Gasteiger partial charge >= 0.3 is 0 Å². The van der Waals surface area contributed by atoms with Gasteiger partial charge in [-0.3, -0.25) is 19.7 Å². The van der Waals surface area contributed by atoms with Crippen LogP contribution in [0, 0.1) is 10.1 Å². The number of carbonyl (C=O) groups excluding carboxylic acids is 2. The maximum atomic E-state index is 12.8. The minimum absolute atomic E-state index is 0.0344. The van der Waals surface area contributed by atoms with Gasteiger partial charge in [0, 0.05) is 41.6 Å². The number of para-hydroxylation sites is 1. The van der Waals surface area contributed by atoms with Crippen LogP contribution in [0.25, 0.3) is 0 Å². The molecule has 0 radical (unpaired) electrons. The summed E-state index contributed by atoms with van der Waals surface area (Å²) in [5.41, 5.74) is -0.0963. The van der Waals surface area contributed by atoms with Crippen molar-refractivity contribution < 1.29 is 14.5 Å². The van der Waals surface area contributed by atoms with E-state index in [-0.39, 0.29) is 23.2 Å². The summed E-state index contributed by atoms with van der Waals surface area (Å²) in [7, 11) is 0. The second-order valence-corrected chi connectivity index (χ2v) is 9.48. The molecule has 0 saturated carbocycles. The van der Waals surface area contributed by atoms with E-state index in [4.69, 9.17) is 23.6 Å². The molecule has 166 valence electrons. The van der Waals surface area contributed by atoms with E-state index in [1.165, 1.54) is 24.3 Å². The first-order chi connectivity index (χ1) is 14.3. The maximum absolute atomic E-state index is 12.8. The lowest BCUT2D eigenvalue weighted by molar-refractivity contribution is -0.385. The summed E-state index contributed by atoms with van der Waals surface area (Å²) in [5, 5.41) is 11.2. The molecule has 0 aliphatic rings. The quantitative estimate of drug-likeness (QED) is 0.219. The standard InChI is InChI=1S/C22H25Cl2N3O4/c1-21(2,3)16-12-10-15(11-13-16)19(28)14-22(4,5)27(24)25(23)20(29)17-8-6-7-9-18(17)26(30)31/h6-13H,14H2,1-5H3. The number of nitro groups is 1. The Hall–Kier alpha value is -2.48. The van der Waals surface area contributed by atoms with Crippen molar-refractivity contribution in [2.75, 3.05) is 0 Å². The third-order valence-electron chi connectivity index (χ3n) is 4.82. The monoisotopic (exact) mass is 465 g/mol. The van der Waals surface area contributed by atoms with Crippen molar-refractivity contribution in [1.82, 2.24) is 9.06 Å². The zero-order valence-electron chi connectivity index (χ0n) is 18.1. The number of amides is 1. The summed E-state index contributed by atoms with van der Waals surface area (Å²) >= 11 is 12.4. The number of hydrogen-bond donors (Lipinski definition) is 0. The Balaban J connectivity index is 2.18. The summed E-state index contributed by atoms with van der Waals surface area (Å²) in [4.78, 5) is 36.1. The number of nitrogens with zero attached hydrogens (tertiary/aromatic N) is 3. The number of benzene rings is 2. The number of carbonyl (C=O) groups is 2. The Morgan fingerprint density at radius 2 is 1.52 bits per heavy atom. The Kier molecular flexibility index (Phi) is 7.47. The van der Waals surface area contributed by atoms with E-state index < -0.39 is 22.1 Å². The van der Waals surface area contributed by atoms with Gasteiger partial charge in [0.15, 0.2) is 5.78 Å². The smallest absolute Gasteiger partial charge is 0.291 e. The molecule has 2 aromatic rings. The molecular weight excluding hydrogens is 441 g/mol. The van der Waals surface area contributed by atoms with Gasteiger partial charge in [-0.2, -0.15) is 4.53 Å². The molecular formula is C22H25Cl2N3O4. The number of nitro benzene ring substituents is 1. The highest BCUT2D eigenvalue weighted by atomic mass is 35.5. The van der Waals surface area contributed by atoms with Crippen LogP contribution in [0.15, 0.2) is 48.5 Å². The number of Topliss-reactive ketones (excluding diaryl/α,β-unsaturated/α-hetero) is 1. The van der Waals surface area contributed by atoms with E-state index in [0.717, 1.165) is 10.1 Å².